The molecule has 0 aromatic carbocycles. The molecule has 1 amide bonds. The Morgan fingerprint density at radius 3 is 2.50 bits per heavy atom. The molecule has 0 atom stereocenters. The number of likely N-dealkylation sites (tertiary alicyclic amines) is 1. The Labute approximate surface area is 121 Å². The van der Waals surface area contributed by atoms with E-state index in [9.17, 15) is 4.79 Å². The SMILES string of the molecule is Cc1cc(C(=O)NCC(C)(C)N2CCCCC2)c(C)o1. The maximum atomic E-state index is 12.2. The molecular weight excluding hydrogens is 252 g/mol. The van der Waals surface area contributed by atoms with Crippen LogP contribution in [0.4, 0.5) is 0 Å². The van der Waals surface area contributed by atoms with Crippen LogP contribution >= 0.6 is 0 Å². The van der Waals surface area contributed by atoms with Crippen LogP contribution in [-0.2, 0) is 0 Å². The van der Waals surface area contributed by atoms with Crippen molar-refractivity contribution < 1.29 is 9.21 Å². The molecule has 0 saturated carbocycles. The van der Waals surface area contributed by atoms with Gasteiger partial charge in [0, 0.05) is 12.1 Å². The second-order valence-electron chi connectivity index (χ2n) is 6.37. The first-order valence-corrected chi connectivity index (χ1v) is 7.50. The molecular formula is C16H26N2O2. The van der Waals surface area contributed by atoms with Crippen LogP contribution in [0.5, 0.6) is 0 Å². The normalized spacial score (nSPS) is 17.2. The molecule has 1 aromatic heterocycles. The number of nitrogens with zero attached hydrogens (tertiary/aromatic N) is 1. The Bertz CT molecular complexity index is 471. The standard InChI is InChI=1S/C16H26N2O2/c1-12-10-14(13(2)20-12)15(19)17-11-16(3,4)18-8-6-5-7-9-18/h10H,5-9,11H2,1-4H3,(H,17,19). The van der Waals surface area contributed by atoms with Crippen molar-refractivity contribution in [2.24, 2.45) is 0 Å². The number of piperidine rings is 1. The molecule has 0 spiro atoms. The molecule has 1 N–H and O–H groups in total. The van der Waals surface area contributed by atoms with Crippen LogP contribution in [0.2, 0.25) is 0 Å². The number of carbonyl (C=O) groups excluding carboxylic acids is 1. The second-order valence-corrected chi connectivity index (χ2v) is 6.37. The molecule has 1 aliphatic heterocycles. The Morgan fingerprint density at radius 2 is 1.95 bits per heavy atom. The first kappa shape index (κ1) is 15.1. The minimum atomic E-state index is -0.0376. The van der Waals surface area contributed by atoms with E-state index in [4.69, 9.17) is 4.42 Å². The highest BCUT2D eigenvalue weighted by atomic mass is 16.3. The van der Waals surface area contributed by atoms with Gasteiger partial charge in [-0.2, -0.15) is 0 Å². The molecule has 1 saturated heterocycles. The summed E-state index contributed by atoms with van der Waals surface area (Å²) in [6.07, 6.45) is 3.85. The number of rotatable bonds is 4. The van der Waals surface area contributed by atoms with E-state index in [0.29, 0.717) is 17.9 Å². The van der Waals surface area contributed by atoms with E-state index in [1.54, 1.807) is 6.07 Å². The fourth-order valence-electron chi connectivity index (χ4n) is 2.86. The Hall–Kier alpha value is -1.29. The average Bonchev–Trinajstić information content (AvgIpc) is 2.76. The molecule has 1 aromatic rings. The van der Waals surface area contributed by atoms with Crippen LogP contribution in [0.15, 0.2) is 10.5 Å². The highest BCUT2D eigenvalue weighted by Crippen LogP contribution is 2.20. The zero-order valence-electron chi connectivity index (χ0n) is 13.1. The third-order valence-corrected chi connectivity index (χ3v) is 4.18. The van der Waals surface area contributed by atoms with E-state index in [1.165, 1.54) is 19.3 Å². The quantitative estimate of drug-likeness (QED) is 0.921. The predicted molar refractivity (Wildman–Crippen MR) is 80.0 cm³/mol. The summed E-state index contributed by atoms with van der Waals surface area (Å²) in [7, 11) is 0. The van der Waals surface area contributed by atoms with Crippen molar-refractivity contribution in [2.45, 2.75) is 52.5 Å². The summed E-state index contributed by atoms with van der Waals surface area (Å²) in [6.45, 7) is 11.0. The van der Waals surface area contributed by atoms with Crippen LogP contribution in [0.1, 0.15) is 55.0 Å². The highest BCUT2D eigenvalue weighted by Gasteiger charge is 2.28. The van der Waals surface area contributed by atoms with Crippen LogP contribution in [0.25, 0.3) is 0 Å². The summed E-state index contributed by atoms with van der Waals surface area (Å²) in [5.41, 5.74) is 0.653. The molecule has 1 fully saturated rings. The van der Waals surface area contributed by atoms with Gasteiger partial charge in [-0.1, -0.05) is 6.42 Å². The van der Waals surface area contributed by atoms with E-state index in [2.05, 4.69) is 24.1 Å². The number of nitrogens with one attached hydrogen (secondary N) is 1. The summed E-state index contributed by atoms with van der Waals surface area (Å²) >= 11 is 0. The molecule has 0 radical (unpaired) electrons. The summed E-state index contributed by atoms with van der Waals surface area (Å²) in [5.74, 6) is 1.43. The molecule has 112 valence electrons. The third kappa shape index (κ3) is 3.42. The van der Waals surface area contributed by atoms with Gasteiger partial charge in [0.25, 0.3) is 5.91 Å². The van der Waals surface area contributed by atoms with Gasteiger partial charge < -0.3 is 9.73 Å². The maximum Gasteiger partial charge on any atom is 0.254 e. The number of amides is 1. The van der Waals surface area contributed by atoms with E-state index < -0.39 is 0 Å². The smallest absolute Gasteiger partial charge is 0.254 e. The van der Waals surface area contributed by atoms with Gasteiger partial charge in [0.05, 0.1) is 5.56 Å². The highest BCUT2D eigenvalue weighted by molar-refractivity contribution is 5.95. The van der Waals surface area contributed by atoms with Crippen molar-refractivity contribution in [2.75, 3.05) is 19.6 Å². The van der Waals surface area contributed by atoms with Gasteiger partial charge in [0.2, 0.25) is 0 Å². The monoisotopic (exact) mass is 278 g/mol. The number of hydrogen-bond acceptors (Lipinski definition) is 3. The molecule has 20 heavy (non-hydrogen) atoms. The van der Waals surface area contributed by atoms with Gasteiger partial charge in [-0.3, -0.25) is 9.69 Å². The van der Waals surface area contributed by atoms with E-state index >= 15 is 0 Å². The van der Waals surface area contributed by atoms with Crippen molar-refractivity contribution in [1.29, 1.82) is 0 Å². The summed E-state index contributed by atoms with van der Waals surface area (Å²) < 4.78 is 5.41. The van der Waals surface area contributed by atoms with Crippen molar-refractivity contribution >= 4 is 5.91 Å². The zero-order valence-corrected chi connectivity index (χ0v) is 13.1. The molecule has 0 aliphatic carbocycles. The second kappa shape index (κ2) is 6.00. The molecule has 4 nitrogen and oxygen atoms in total. The van der Waals surface area contributed by atoms with Crippen molar-refractivity contribution in [3.05, 3.63) is 23.2 Å². The maximum absolute atomic E-state index is 12.2. The molecule has 2 rings (SSSR count). The van der Waals surface area contributed by atoms with Crippen LogP contribution in [0, 0.1) is 13.8 Å². The Balaban J connectivity index is 1.93. The van der Waals surface area contributed by atoms with Crippen molar-refractivity contribution in [1.82, 2.24) is 10.2 Å². The number of aryl methyl sites for hydroxylation is 2. The molecule has 2 heterocycles. The largest absolute Gasteiger partial charge is 0.466 e. The third-order valence-electron chi connectivity index (χ3n) is 4.18. The molecule has 4 heteroatoms. The summed E-state index contributed by atoms with van der Waals surface area (Å²) in [6, 6.07) is 1.80. The molecule has 1 aliphatic rings. The van der Waals surface area contributed by atoms with Crippen molar-refractivity contribution in [3.63, 3.8) is 0 Å². The molecule has 0 unspecified atom stereocenters. The minimum Gasteiger partial charge on any atom is -0.466 e. The Kier molecular flexibility index (Phi) is 4.53. The fraction of sp³-hybridized carbons (Fsp3) is 0.688. The first-order chi connectivity index (χ1) is 9.40. The lowest BCUT2D eigenvalue weighted by Crippen LogP contribution is -2.53. The van der Waals surface area contributed by atoms with Gasteiger partial charge in [-0.05, 0) is 59.7 Å². The lowest BCUT2D eigenvalue weighted by Gasteiger charge is -2.41. The fourth-order valence-corrected chi connectivity index (χ4v) is 2.86. The van der Waals surface area contributed by atoms with Crippen LogP contribution < -0.4 is 5.32 Å². The van der Waals surface area contributed by atoms with Gasteiger partial charge in [-0.15, -0.1) is 0 Å². The summed E-state index contributed by atoms with van der Waals surface area (Å²) in [5, 5.41) is 3.05. The van der Waals surface area contributed by atoms with E-state index in [0.717, 1.165) is 18.8 Å². The van der Waals surface area contributed by atoms with E-state index in [1.807, 2.05) is 13.8 Å². The van der Waals surface area contributed by atoms with Gasteiger partial charge in [0.1, 0.15) is 11.5 Å². The molecule has 0 bridgehead atoms. The first-order valence-electron chi connectivity index (χ1n) is 7.50. The number of carbonyl (C=O) groups is 1. The van der Waals surface area contributed by atoms with Crippen LogP contribution in [0.3, 0.4) is 0 Å². The predicted octanol–water partition coefficient (Wildman–Crippen LogP) is 2.89. The zero-order chi connectivity index (χ0) is 14.8. The van der Waals surface area contributed by atoms with Gasteiger partial charge in [-0.25, -0.2) is 0 Å². The Morgan fingerprint density at radius 1 is 1.30 bits per heavy atom. The van der Waals surface area contributed by atoms with Crippen LogP contribution in [-0.4, -0.2) is 36.0 Å². The lowest BCUT2D eigenvalue weighted by atomic mass is 9.98. The van der Waals surface area contributed by atoms with Gasteiger partial charge >= 0.3 is 0 Å². The number of furan rings is 1. The number of hydrogen-bond donors (Lipinski definition) is 1. The lowest BCUT2D eigenvalue weighted by molar-refractivity contribution is 0.0796. The summed E-state index contributed by atoms with van der Waals surface area (Å²) in [4.78, 5) is 14.7. The average molecular weight is 278 g/mol. The topological polar surface area (TPSA) is 45.5 Å². The minimum absolute atomic E-state index is 0.00274. The van der Waals surface area contributed by atoms with Gasteiger partial charge in [0.15, 0.2) is 0 Å². The van der Waals surface area contributed by atoms with Crippen molar-refractivity contribution in [3.8, 4) is 0 Å². The van der Waals surface area contributed by atoms with E-state index in [-0.39, 0.29) is 11.4 Å².